The van der Waals surface area contributed by atoms with Gasteiger partial charge in [0, 0.05) is 32.5 Å². The molecule has 2 aliphatic heterocycles. The topological polar surface area (TPSA) is 98.2 Å². The van der Waals surface area contributed by atoms with E-state index in [4.69, 9.17) is 5.11 Å². The second-order valence-electron chi connectivity index (χ2n) is 6.33. The lowest BCUT2D eigenvalue weighted by Crippen LogP contribution is -2.44. The quantitative estimate of drug-likeness (QED) is 0.731. The molecular weight excluding hydrogens is 276 g/mol. The van der Waals surface area contributed by atoms with Crippen LogP contribution in [0.25, 0.3) is 0 Å². The number of rotatable bonds is 4. The maximum absolute atomic E-state index is 12.5. The molecule has 7 nitrogen and oxygen atoms in total. The van der Waals surface area contributed by atoms with Crippen LogP contribution in [0.4, 0.5) is 0 Å². The number of nitrogens with zero attached hydrogens (tertiary/aromatic N) is 2. The van der Waals surface area contributed by atoms with Gasteiger partial charge < -0.3 is 20.0 Å². The highest BCUT2D eigenvalue weighted by atomic mass is 16.4. The zero-order chi connectivity index (χ0) is 15.7. The summed E-state index contributed by atoms with van der Waals surface area (Å²) in [5, 5.41) is 18.7. The zero-order valence-corrected chi connectivity index (χ0v) is 12.4. The highest BCUT2D eigenvalue weighted by Crippen LogP contribution is 2.26. The van der Waals surface area contributed by atoms with Gasteiger partial charge in [-0.05, 0) is 5.92 Å². The van der Waals surface area contributed by atoms with Crippen LogP contribution in [0.2, 0.25) is 0 Å². The molecule has 0 aromatic rings. The van der Waals surface area contributed by atoms with E-state index in [2.05, 4.69) is 0 Å². The molecule has 7 heteroatoms. The van der Waals surface area contributed by atoms with Crippen molar-refractivity contribution in [3.8, 4) is 0 Å². The molecule has 118 valence electrons. The van der Waals surface area contributed by atoms with Crippen LogP contribution in [0, 0.1) is 11.8 Å². The first-order chi connectivity index (χ1) is 9.79. The number of aliphatic hydroxyl groups is 1. The number of carboxylic acids is 1. The van der Waals surface area contributed by atoms with Crippen molar-refractivity contribution in [1.29, 1.82) is 0 Å². The van der Waals surface area contributed by atoms with Gasteiger partial charge in [-0.3, -0.25) is 9.59 Å². The summed E-state index contributed by atoms with van der Waals surface area (Å²) in [6.45, 7) is 4.98. The fraction of sp³-hybridized carbons (Fsp3) is 0.786. The van der Waals surface area contributed by atoms with Gasteiger partial charge >= 0.3 is 5.97 Å². The average molecular weight is 298 g/mol. The number of amides is 2. The lowest BCUT2D eigenvalue weighted by atomic mass is 10.1. The number of carbonyl (C=O) groups is 3. The van der Waals surface area contributed by atoms with Gasteiger partial charge in [0.15, 0.2) is 0 Å². The summed E-state index contributed by atoms with van der Waals surface area (Å²) < 4.78 is 0. The van der Waals surface area contributed by atoms with Crippen molar-refractivity contribution in [2.24, 2.45) is 11.8 Å². The Bertz CT molecular complexity index is 451. The van der Waals surface area contributed by atoms with Crippen molar-refractivity contribution in [1.82, 2.24) is 9.80 Å². The average Bonchev–Trinajstić information content (AvgIpc) is 2.92. The normalized spacial score (nSPS) is 29.5. The van der Waals surface area contributed by atoms with Gasteiger partial charge in [-0.2, -0.15) is 0 Å². The minimum atomic E-state index is -1.11. The molecular formula is C14H22N2O5. The number of aliphatic carboxylic acids is 1. The van der Waals surface area contributed by atoms with E-state index in [0.29, 0.717) is 19.0 Å². The maximum Gasteiger partial charge on any atom is 0.326 e. The molecule has 0 aromatic carbocycles. The Morgan fingerprint density at radius 3 is 2.57 bits per heavy atom. The Kier molecular flexibility index (Phi) is 4.51. The van der Waals surface area contributed by atoms with Crippen molar-refractivity contribution in [3.63, 3.8) is 0 Å². The smallest absolute Gasteiger partial charge is 0.326 e. The molecule has 21 heavy (non-hydrogen) atoms. The first kappa shape index (κ1) is 15.8. The molecule has 0 spiro atoms. The van der Waals surface area contributed by atoms with Gasteiger partial charge in [0.25, 0.3) is 0 Å². The second-order valence-corrected chi connectivity index (χ2v) is 6.33. The highest BCUT2D eigenvalue weighted by Gasteiger charge is 2.44. The third-order valence-electron chi connectivity index (χ3n) is 4.00. The lowest BCUT2D eigenvalue weighted by molar-refractivity contribution is -0.149. The summed E-state index contributed by atoms with van der Waals surface area (Å²) in [4.78, 5) is 38.4. The summed E-state index contributed by atoms with van der Waals surface area (Å²) in [6.07, 6.45) is -0.624. The SMILES string of the molecule is CC(C)CN1CC(C(=O)N2C[C@H](O)C[C@H]2C(=O)O)CC1=O. The third-order valence-corrected chi connectivity index (χ3v) is 4.00. The van der Waals surface area contributed by atoms with Gasteiger partial charge in [0.1, 0.15) is 6.04 Å². The van der Waals surface area contributed by atoms with E-state index < -0.39 is 24.0 Å². The zero-order valence-electron chi connectivity index (χ0n) is 12.4. The van der Waals surface area contributed by atoms with Crippen LogP contribution in [-0.4, -0.2) is 69.6 Å². The van der Waals surface area contributed by atoms with E-state index >= 15 is 0 Å². The molecule has 3 atom stereocenters. The molecule has 0 radical (unpaired) electrons. The molecule has 2 heterocycles. The number of aliphatic hydroxyl groups excluding tert-OH is 1. The van der Waals surface area contributed by atoms with E-state index in [1.165, 1.54) is 4.90 Å². The van der Waals surface area contributed by atoms with E-state index in [-0.39, 0.29) is 31.2 Å². The van der Waals surface area contributed by atoms with E-state index in [1.807, 2.05) is 13.8 Å². The van der Waals surface area contributed by atoms with Crippen LogP contribution in [0.3, 0.4) is 0 Å². The van der Waals surface area contributed by atoms with Gasteiger partial charge in [-0.1, -0.05) is 13.8 Å². The second kappa shape index (κ2) is 6.01. The highest BCUT2D eigenvalue weighted by molar-refractivity contribution is 5.91. The summed E-state index contributed by atoms with van der Waals surface area (Å²) in [7, 11) is 0. The summed E-state index contributed by atoms with van der Waals surface area (Å²) in [5.41, 5.74) is 0. The lowest BCUT2D eigenvalue weighted by Gasteiger charge is -2.24. The minimum absolute atomic E-state index is 0.0324. The van der Waals surface area contributed by atoms with Gasteiger partial charge in [-0.15, -0.1) is 0 Å². The standard InChI is InChI=1S/C14H22N2O5/c1-8(2)5-15-6-9(3-12(15)18)13(19)16-7-10(17)4-11(16)14(20)21/h8-11,17H,3-7H2,1-2H3,(H,20,21)/t9?,10-,11+/m1/s1. The first-order valence-electron chi connectivity index (χ1n) is 7.28. The third kappa shape index (κ3) is 3.34. The van der Waals surface area contributed by atoms with Crippen LogP contribution in [0.15, 0.2) is 0 Å². The molecule has 2 fully saturated rings. The van der Waals surface area contributed by atoms with Crippen LogP contribution >= 0.6 is 0 Å². The summed E-state index contributed by atoms with van der Waals surface area (Å²) in [5.74, 6) is -1.68. The van der Waals surface area contributed by atoms with Crippen LogP contribution in [0.5, 0.6) is 0 Å². The predicted molar refractivity (Wildman–Crippen MR) is 73.3 cm³/mol. The van der Waals surface area contributed by atoms with Crippen molar-refractivity contribution in [2.75, 3.05) is 19.6 Å². The minimum Gasteiger partial charge on any atom is -0.480 e. The Morgan fingerprint density at radius 1 is 1.33 bits per heavy atom. The van der Waals surface area contributed by atoms with Crippen LogP contribution in [0.1, 0.15) is 26.7 Å². The van der Waals surface area contributed by atoms with Crippen LogP contribution in [-0.2, 0) is 14.4 Å². The number of hydrogen-bond acceptors (Lipinski definition) is 4. The first-order valence-corrected chi connectivity index (χ1v) is 7.28. The molecule has 0 bridgehead atoms. The van der Waals surface area contributed by atoms with Crippen LogP contribution < -0.4 is 0 Å². The van der Waals surface area contributed by atoms with E-state index in [9.17, 15) is 19.5 Å². The molecule has 0 aromatic heterocycles. The fourth-order valence-corrected chi connectivity index (χ4v) is 3.08. The van der Waals surface area contributed by atoms with Gasteiger partial charge in [0.05, 0.1) is 12.0 Å². The molecule has 2 N–H and O–H groups in total. The largest absolute Gasteiger partial charge is 0.480 e. The van der Waals surface area contributed by atoms with Gasteiger partial charge in [-0.25, -0.2) is 4.79 Å². The summed E-state index contributed by atoms with van der Waals surface area (Å²) in [6, 6.07) is -0.984. The van der Waals surface area contributed by atoms with Crippen molar-refractivity contribution in [3.05, 3.63) is 0 Å². The number of carbonyl (C=O) groups excluding carboxylic acids is 2. The number of hydrogen-bond donors (Lipinski definition) is 2. The van der Waals surface area contributed by atoms with Crippen molar-refractivity contribution >= 4 is 17.8 Å². The Labute approximate surface area is 123 Å². The molecule has 1 unspecified atom stereocenters. The molecule has 2 rings (SSSR count). The monoisotopic (exact) mass is 298 g/mol. The summed E-state index contributed by atoms with van der Waals surface area (Å²) >= 11 is 0. The van der Waals surface area contributed by atoms with Crippen molar-refractivity contribution in [2.45, 2.75) is 38.8 Å². The molecule has 0 aliphatic carbocycles. The predicted octanol–water partition coefficient (Wildman–Crippen LogP) is -0.463. The van der Waals surface area contributed by atoms with Crippen molar-refractivity contribution < 1.29 is 24.6 Å². The Morgan fingerprint density at radius 2 is 2.00 bits per heavy atom. The number of carboxylic acid groups (broad SMARTS) is 1. The fourth-order valence-electron chi connectivity index (χ4n) is 3.08. The number of likely N-dealkylation sites (tertiary alicyclic amines) is 2. The molecule has 2 aliphatic rings. The number of β-amino-alcohol motifs (C(OH)–C–C–N with tert-alkyl or cyclic N) is 1. The van der Waals surface area contributed by atoms with E-state index in [1.54, 1.807) is 4.90 Å². The Balaban J connectivity index is 2.04. The molecule has 2 amide bonds. The van der Waals surface area contributed by atoms with E-state index in [0.717, 1.165) is 0 Å². The molecule has 2 saturated heterocycles. The molecule has 0 saturated carbocycles. The Hall–Kier alpha value is -1.63. The maximum atomic E-state index is 12.5. The van der Waals surface area contributed by atoms with Gasteiger partial charge in [0.2, 0.25) is 11.8 Å².